The number of benzene rings is 3. The van der Waals surface area contributed by atoms with Gasteiger partial charge in [0.1, 0.15) is 11.5 Å². The maximum Gasteiger partial charge on any atom is 0.118 e. The van der Waals surface area contributed by atoms with E-state index in [4.69, 9.17) is 14.6 Å². The molecule has 1 aliphatic carbocycles. The van der Waals surface area contributed by atoms with Crippen molar-refractivity contribution in [2.75, 3.05) is 19.2 Å². The number of ether oxygens (including phenoxy) is 2. The van der Waals surface area contributed by atoms with Gasteiger partial charge in [0.05, 0.1) is 31.7 Å². The summed E-state index contributed by atoms with van der Waals surface area (Å²) < 4.78 is 10.7. The maximum absolute atomic E-state index is 5.39. The van der Waals surface area contributed by atoms with E-state index in [0.717, 1.165) is 36.4 Å². The van der Waals surface area contributed by atoms with Gasteiger partial charge in [0.15, 0.2) is 0 Å². The number of hydrogen-bond acceptors (Lipinski definition) is 4. The second kappa shape index (κ2) is 8.91. The van der Waals surface area contributed by atoms with Crippen molar-refractivity contribution < 1.29 is 9.47 Å². The molecule has 0 radical (unpaired) electrons. The highest BCUT2D eigenvalue weighted by atomic mass is 16.5. The van der Waals surface area contributed by atoms with Crippen LogP contribution in [0.5, 0.6) is 11.5 Å². The number of hydrogen-bond donors (Lipinski definition) is 0. The van der Waals surface area contributed by atoms with E-state index in [9.17, 15) is 0 Å². The van der Waals surface area contributed by atoms with E-state index in [1.807, 2.05) is 24.3 Å². The Morgan fingerprint density at radius 2 is 1.50 bits per heavy atom. The lowest BCUT2D eigenvalue weighted by Crippen LogP contribution is -2.27. The Bertz CT molecular complexity index is 1120. The van der Waals surface area contributed by atoms with Crippen LogP contribution >= 0.6 is 0 Å². The first-order valence-electron chi connectivity index (χ1n) is 11.2. The van der Waals surface area contributed by atoms with Gasteiger partial charge in [0.2, 0.25) is 0 Å². The molecule has 0 bridgehead atoms. The third kappa shape index (κ3) is 3.89. The summed E-state index contributed by atoms with van der Waals surface area (Å²) in [4.78, 5) is 0. The Morgan fingerprint density at radius 3 is 2.16 bits per heavy atom. The minimum atomic E-state index is 0.179. The van der Waals surface area contributed by atoms with Crippen molar-refractivity contribution in [2.45, 2.75) is 25.3 Å². The second-order valence-electron chi connectivity index (χ2n) is 8.32. The molecule has 0 saturated carbocycles. The van der Waals surface area contributed by atoms with Gasteiger partial charge in [-0.15, -0.1) is 0 Å². The summed E-state index contributed by atoms with van der Waals surface area (Å²) in [5.41, 5.74) is 6.22. The fraction of sp³-hybridized carbons (Fsp3) is 0.250. The van der Waals surface area contributed by atoms with Gasteiger partial charge in [0, 0.05) is 5.92 Å². The normalized spacial score (nSPS) is 19.8. The predicted octanol–water partition coefficient (Wildman–Crippen LogP) is 6.20. The van der Waals surface area contributed by atoms with Crippen LogP contribution < -0.4 is 14.5 Å². The summed E-state index contributed by atoms with van der Waals surface area (Å²) in [6, 6.07) is 27.5. The maximum atomic E-state index is 5.39. The van der Waals surface area contributed by atoms with E-state index in [-0.39, 0.29) is 6.04 Å². The zero-order valence-corrected chi connectivity index (χ0v) is 18.6. The fourth-order valence-electron chi connectivity index (χ4n) is 4.81. The van der Waals surface area contributed by atoms with Crippen molar-refractivity contribution in [3.05, 3.63) is 102 Å². The zero-order chi connectivity index (χ0) is 21.9. The molecule has 0 aromatic heterocycles. The first kappa shape index (κ1) is 20.4. The monoisotopic (exact) mass is 424 g/mol. The number of nitrogens with zero attached hydrogens (tertiary/aromatic N) is 2. The number of para-hydroxylation sites is 1. The molecule has 2 aliphatic rings. The molecule has 0 amide bonds. The van der Waals surface area contributed by atoms with Crippen LogP contribution in [0.15, 0.2) is 95.6 Å². The van der Waals surface area contributed by atoms with Crippen molar-refractivity contribution in [3.63, 3.8) is 0 Å². The van der Waals surface area contributed by atoms with E-state index in [2.05, 4.69) is 65.7 Å². The minimum absolute atomic E-state index is 0.179. The Labute approximate surface area is 189 Å². The number of methoxy groups -OCH3 is 2. The van der Waals surface area contributed by atoms with E-state index in [1.54, 1.807) is 14.2 Å². The molecule has 5 rings (SSSR count). The lowest BCUT2D eigenvalue weighted by molar-refractivity contribution is 0.414. The topological polar surface area (TPSA) is 34.1 Å². The molecule has 3 aromatic rings. The van der Waals surface area contributed by atoms with Gasteiger partial charge in [-0.3, -0.25) is 5.01 Å². The van der Waals surface area contributed by atoms with Crippen molar-refractivity contribution in [1.29, 1.82) is 0 Å². The molecule has 2 atom stereocenters. The standard InChI is InChI=1S/C28H28N2O2/c1-31-24-15-11-20(12-16-24)19-22-7-6-10-26-27(22)29-30(23-8-4-3-5-9-23)28(26)21-13-17-25(32-2)18-14-21/h3-5,7-9,11-18,26,28H,6,10,19H2,1-2H3/t26-,28+/m1/s1. The fourth-order valence-corrected chi connectivity index (χ4v) is 4.81. The Hall–Kier alpha value is -3.53. The van der Waals surface area contributed by atoms with Gasteiger partial charge >= 0.3 is 0 Å². The van der Waals surface area contributed by atoms with Gasteiger partial charge in [-0.25, -0.2) is 0 Å². The van der Waals surface area contributed by atoms with Crippen LogP contribution in [0.2, 0.25) is 0 Å². The van der Waals surface area contributed by atoms with Crippen molar-refractivity contribution in [2.24, 2.45) is 11.0 Å². The summed E-state index contributed by atoms with van der Waals surface area (Å²) in [7, 11) is 3.41. The number of rotatable bonds is 6. The third-order valence-corrected chi connectivity index (χ3v) is 6.44. The van der Waals surface area contributed by atoms with Gasteiger partial charge in [-0.2, -0.15) is 5.10 Å². The first-order chi connectivity index (χ1) is 15.8. The van der Waals surface area contributed by atoms with Gasteiger partial charge in [0.25, 0.3) is 0 Å². The van der Waals surface area contributed by atoms with Crippen molar-refractivity contribution in [1.82, 2.24) is 0 Å². The number of fused-ring (bicyclic) bond motifs is 1. The summed E-state index contributed by atoms with van der Waals surface area (Å²) in [6.45, 7) is 0. The second-order valence-corrected chi connectivity index (χ2v) is 8.32. The van der Waals surface area contributed by atoms with Crippen LogP contribution in [-0.2, 0) is 6.42 Å². The Kier molecular flexibility index (Phi) is 5.68. The van der Waals surface area contributed by atoms with E-state index < -0.39 is 0 Å². The Balaban J connectivity index is 1.50. The molecule has 162 valence electrons. The first-order valence-corrected chi connectivity index (χ1v) is 11.2. The average molecular weight is 425 g/mol. The lowest BCUT2D eigenvalue weighted by Gasteiger charge is -2.30. The largest absolute Gasteiger partial charge is 0.497 e. The van der Waals surface area contributed by atoms with E-state index in [1.165, 1.54) is 22.4 Å². The molecule has 0 spiro atoms. The molecule has 4 heteroatoms. The minimum Gasteiger partial charge on any atom is -0.497 e. The van der Waals surface area contributed by atoms with Crippen LogP contribution in [0.3, 0.4) is 0 Å². The summed E-state index contributed by atoms with van der Waals surface area (Å²) in [6.07, 6.45) is 5.44. The molecular formula is C28H28N2O2. The molecule has 0 unspecified atom stereocenters. The van der Waals surface area contributed by atoms with Gasteiger partial charge < -0.3 is 9.47 Å². The number of hydrazone groups is 1. The van der Waals surface area contributed by atoms with Crippen molar-refractivity contribution >= 4 is 11.4 Å². The summed E-state index contributed by atoms with van der Waals surface area (Å²) in [5.74, 6) is 2.13. The van der Waals surface area contributed by atoms with Crippen LogP contribution in [-0.4, -0.2) is 19.9 Å². The molecule has 0 fully saturated rings. The SMILES string of the molecule is COc1ccc(CC2=CCC[C@@H]3C2=NN(c2ccccc2)[C@H]3c2ccc(OC)cc2)cc1. The quantitative estimate of drug-likeness (QED) is 0.472. The third-order valence-electron chi connectivity index (χ3n) is 6.44. The molecule has 1 aliphatic heterocycles. The highest BCUT2D eigenvalue weighted by Gasteiger charge is 2.41. The van der Waals surface area contributed by atoms with Crippen LogP contribution in [0.1, 0.15) is 30.0 Å². The smallest absolute Gasteiger partial charge is 0.118 e. The van der Waals surface area contributed by atoms with Crippen LogP contribution in [0.25, 0.3) is 0 Å². The predicted molar refractivity (Wildman–Crippen MR) is 130 cm³/mol. The zero-order valence-electron chi connectivity index (χ0n) is 18.6. The van der Waals surface area contributed by atoms with Gasteiger partial charge in [-0.1, -0.05) is 48.5 Å². The molecular weight excluding hydrogens is 396 g/mol. The number of allylic oxidation sites excluding steroid dienone is 2. The lowest BCUT2D eigenvalue weighted by atomic mass is 9.78. The van der Waals surface area contributed by atoms with E-state index in [0.29, 0.717) is 5.92 Å². The van der Waals surface area contributed by atoms with E-state index >= 15 is 0 Å². The summed E-state index contributed by atoms with van der Waals surface area (Å²) in [5, 5.41) is 7.44. The molecule has 4 nitrogen and oxygen atoms in total. The molecule has 0 N–H and O–H groups in total. The highest BCUT2D eigenvalue weighted by Crippen LogP contribution is 2.45. The van der Waals surface area contributed by atoms with Gasteiger partial charge in [-0.05, 0) is 72.4 Å². The number of anilines is 1. The molecule has 32 heavy (non-hydrogen) atoms. The highest BCUT2D eigenvalue weighted by molar-refractivity contribution is 6.05. The van der Waals surface area contributed by atoms with Crippen LogP contribution in [0.4, 0.5) is 5.69 Å². The Morgan fingerprint density at radius 1 is 0.844 bits per heavy atom. The molecule has 0 saturated heterocycles. The summed E-state index contributed by atoms with van der Waals surface area (Å²) >= 11 is 0. The van der Waals surface area contributed by atoms with Crippen LogP contribution in [0, 0.1) is 5.92 Å². The molecule has 3 aromatic carbocycles. The molecule has 1 heterocycles. The van der Waals surface area contributed by atoms with Crippen molar-refractivity contribution in [3.8, 4) is 11.5 Å². The average Bonchev–Trinajstić information content (AvgIpc) is 3.26.